The molecule has 5 rings (SSSR count). The van der Waals surface area contributed by atoms with Gasteiger partial charge in [-0.15, -0.1) is 0 Å². The van der Waals surface area contributed by atoms with Crippen LogP contribution in [-0.4, -0.2) is 22.8 Å². The van der Waals surface area contributed by atoms with Crippen molar-refractivity contribution in [1.29, 1.82) is 0 Å². The Kier molecular flexibility index (Phi) is 4.67. The van der Waals surface area contributed by atoms with Crippen LogP contribution in [0.25, 0.3) is 0 Å². The molecule has 0 N–H and O–H groups in total. The minimum absolute atomic E-state index is 0.178. The van der Waals surface area contributed by atoms with Crippen molar-refractivity contribution in [1.82, 2.24) is 0 Å². The van der Waals surface area contributed by atoms with Gasteiger partial charge in [-0.1, -0.05) is 30.3 Å². The number of imide groups is 1. The molecule has 3 aromatic carbocycles. The molecule has 0 radical (unpaired) electrons. The standard InChI is InChI=1S/C23H16FN3O5/c24-14-10-12-15(13-11-14)25-22(28)19-20(17-8-4-5-9-18(17)27(30)31)26(32-21(19)23(25)29)16-6-2-1-3-7-16/h1-13,19-21H/t19-,20-,21-/m0/s1. The van der Waals surface area contributed by atoms with Crippen LogP contribution >= 0.6 is 0 Å². The predicted molar refractivity (Wildman–Crippen MR) is 112 cm³/mol. The van der Waals surface area contributed by atoms with E-state index in [9.17, 15) is 24.1 Å². The summed E-state index contributed by atoms with van der Waals surface area (Å²) in [4.78, 5) is 44.8. The third-order valence-corrected chi connectivity index (χ3v) is 5.66. The molecular formula is C23H16FN3O5. The van der Waals surface area contributed by atoms with Gasteiger partial charge >= 0.3 is 0 Å². The average molecular weight is 433 g/mol. The van der Waals surface area contributed by atoms with Crippen LogP contribution < -0.4 is 9.96 Å². The summed E-state index contributed by atoms with van der Waals surface area (Å²) in [5.41, 5.74) is 0.852. The quantitative estimate of drug-likeness (QED) is 0.353. The highest BCUT2D eigenvalue weighted by molar-refractivity contribution is 6.23. The molecule has 9 heteroatoms. The number of amides is 2. The fourth-order valence-electron chi connectivity index (χ4n) is 4.28. The number of fused-ring (bicyclic) bond motifs is 1. The number of anilines is 2. The second-order valence-corrected chi connectivity index (χ2v) is 7.46. The van der Waals surface area contributed by atoms with Crippen LogP contribution in [0.4, 0.5) is 21.5 Å². The van der Waals surface area contributed by atoms with Gasteiger partial charge in [-0.05, 0) is 42.5 Å². The molecule has 2 aliphatic rings. The highest BCUT2D eigenvalue weighted by Crippen LogP contribution is 2.49. The Balaban J connectivity index is 1.63. The molecule has 0 aliphatic carbocycles. The van der Waals surface area contributed by atoms with E-state index in [0.717, 1.165) is 17.0 Å². The number of halogens is 1. The van der Waals surface area contributed by atoms with Crippen molar-refractivity contribution in [2.75, 3.05) is 9.96 Å². The molecule has 0 unspecified atom stereocenters. The lowest BCUT2D eigenvalue weighted by Gasteiger charge is -2.28. The number of nitro groups is 1. The van der Waals surface area contributed by atoms with Gasteiger partial charge in [-0.3, -0.25) is 24.5 Å². The number of carbonyl (C=O) groups excluding carboxylic acids is 2. The van der Waals surface area contributed by atoms with Crippen LogP contribution in [0.5, 0.6) is 0 Å². The number of rotatable bonds is 4. The summed E-state index contributed by atoms with van der Waals surface area (Å²) < 4.78 is 13.4. The Morgan fingerprint density at radius 1 is 0.844 bits per heavy atom. The van der Waals surface area contributed by atoms with Crippen molar-refractivity contribution in [2.45, 2.75) is 12.1 Å². The summed E-state index contributed by atoms with van der Waals surface area (Å²) >= 11 is 0. The van der Waals surface area contributed by atoms with Crippen LogP contribution in [0, 0.1) is 21.8 Å². The maximum atomic E-state index is 13.5. The largest absolute Gasteiger partial charge is 0.274 e. The number of hydrogen-bond donors (Lipinski definition) is 0. The van der Waals surface area contributed by atoms with Crippen molar-refractivity contribution in [3.05, 3.63) is 100 Å². The van der Waals surface area contributed by atoms with Crippen LogP contribution in [0.15, 0.2) is 78.9 Å². The zero-order valence-electron chi connectivity index (χ0n) is 16.5. The van der Waals surface area contributed by atoms with Crippen molar-refractivity contribution in [3.8, 4) is 0 Å². The number of carbonyl (C=O) groups is 2. The highest BCUT2D eigenvalue weighted by atomic mass is 19.1. The van der Waals surface area contributed by atoms with E-state index in [4.69, 9.17) is 4.84 Å². The molecule has 2 amide bonds. The average Bonchev–Trinajstić information content (AvgIpc) is 3.31. The Morgan fingerprint density at radius 3 is 2.19 bits per heavy atom. The van der Waals surface area contributed by atoms with E-state index in [1.165, 1.54) is 29.3 Å². The molecule has 32 heavy (non-hydrogen) atoms. The molecule has 2 fully saturated rings. The summed E-state index contributed by atoms with van der Waals surface area (Å²) in [6.45, 7) is 0. The molecule has 2 saturated heterocycles. The van der Waals surface area contributed by atoms with Gasteiger partial charge in [0.25, 0.3) is 11.6 Å². The van der Waals surface area contributed by atoms with Gasteiger partial charge in [-0.2, -0.15) is 0 Å². The normalized spacial score (nSPS) is 22.3. The molecule has 0 saturated carbocycles. The maximum absolute atomic E-state index is 13.5. The van der Waals surface area contributed by atoms with Gasteiger partial charge in [0.15, 0.2) is 6.10 Å². The second kappa shape index (κ2) is 7.54. The topological polar surface area (TPSA) is 93.0 Å². The molecule has 8 nitrogen and oxygen atoms in total. The van der Waals surface area contributed by atoms with Gasteiger partial charge < -0.3 is 0 Å². The first-order chi connectivity index (χ1) is 15.5. The minimum Gasteiger partial charge on any atom is -0.273 e. The van der Waals surface area contributed by atoms with Gasteiger partial charge in [0, 0.05) is 6.07 Å². The number of para-hydroxylation sites is 2. The van der Waals surface area contributed by atoms with E-state index in [1.54, 1.807) is 42.5 Å². The van der Waals surface area contributed by atoms with Crippen LogP contribution in [0.3, 0.4) is 0 Å². The summed E-state index contributed by atoms with van der Waals surface area (Å²) in [7, 11) is 0. The zero-order chi connectivity index (χ0) is 22.4. The SMILES string of the molecule is O=C1[C@@H]2[C@H](ON(c3ccccc3)[C@H]2c2ccccc2[N+](=O)[O-])C(=O)N1c1ccc(F)cc1. The molecule has 3 aromatic rings. The number of hydroxylamine groups is 1. The number of hydrogen-bond acceptors (Lipinski definition) is 6. The zero-order valence-corrected chi connectivity index (χ0v) is 16.5. The Bertz CT molecular complexity index is 1220. The van der Waals surface area contributed by atoms with E-state index in [2.05, 4.69) is 0 Å². The molecule has 2 heterocycles. The molecular weight excluding hydrogens is 417 g/mol. The smallest absolute Gasteiger partial charge is 0.273 e. The van der Waals surface area contributed by atoms with Crippen molar-refractivity contribution in [3.63, 3.8) is 0 Å². The van der Waals surface area contributed by atoms with Gasteiger partial charge in [0.1, 0.15) is 17.8 Å². The van der Waals surface area contributed by atoms with Gasteiger partial charge in [-0.25, -0.2) is 14.4 Å². The third kappa shape index (κ3) is 3.02. The number of nitro benzene ring substituents is 1. The first kappa shape index (κ1) is 19.8. The van der Waals surface area contributed by atoms with Crippen molar-refractivity contribution in [2.24, 2.45) is 5.92 Å². The first-order valence-corrected chi connectivity index (χ1v) is 9.85. The van der Waals surface area contributed by atoms with Crippen molar-refractivity contribution >= 4 is 28.9 Å². The molecule has 0 bridgehead atoms. The summed E-state index contributed by atoms with van der Waals surface area (Å²) in [5.74, 6) is -2.69. The van der Waals surface area contributed by atoms with E-state index in [1.807, 2.05) is 0 Å². The maximum Gasteiger partial charge on any atom is 0.274 e. The van der Waals surface area contributed by atoms with E-state index in [0.29, 0.717) is 5.69 Å². The predicted octanol–water partition coefficient (Wildman–Crippen LogP) is 3.79. The lowest BCUT2D eigenvalue weighted by molar-refractivity contribution is -0.385. The Hall–Kier alpha value is -4.11. The van der Waals surface area contributed by atoms with Gasteiger partial charge in [0.2, 0.25) is 5.91 Å². The second-order valence-electron chi connectivity index (χ2n) is 7.46. The number of nitrogens with zero attached hydrogens (tertiary/aromatic N) is 3. The minimum atomic E-state index is -1.17. The molecule has 0 aromatic heterocycles. The third-order valence-electron chi connectivity index (χ3n) is 5.66. The Labute approximate surface area is 181 Å². The lowest BCUT2D eigenvalue weighted by atomic mass is 9.89. The fraction of sp³-hybridized carbons (Fsp3) is 0.130. The van der Waals surface area contributed by atoms with E-state index in [-0.39, 0.29) is 16.9 Å². The fourth-order valence-corrected chi connectivity index (χ4v) is 4.28. The van der Waals surface area contributed by atoms with E-state index >= 15 is 0 Å². The van der Waals surface area contributed by atoms with Crippen LogP contribution in [-0.2, 0) is 14.4 Å². The van der Waals surface area contributed by atoms with Crippen LogP contribution in [0.1, 0.15) is 11.6 Å². The first-order valence-electron chi connectivity index (χ1n) is 9.85. The summed E-state index contributed by atoms with van der Waals surface area (Å²) in [6.07, 6.45) is -1.17. The highest BCUT2D eigenvalue weighted by Gasteiger charge is 2.61. The van der Waals surface area contributed by atoms with Crippen molar-refractivity contribution < 1.29 is 23.7 Å². The monoisotopic (exact) mass is 433 g/mol. The molecule has 0 spiro atoms. The lowest BCUT2D eigenvalue weighted by Crippen LogP contribution is -2.37. The molecule has 2 aliphatic heterocycles. The van der Waals surface area contributed by atoms with Gasteiger partial charge in [0.05, 0.1) is 21.9 Å². The van der Waals surface area contributed by atoms with E-state index < -0.39 is 40.6 Å². The van der Waals surface area contributed by atoms with Crippen LogP contribution in [0.2, 0.25) is 0 Å². The molecule has 160 valence electrons. The summed E-state index contributed by atoms with van der Waals surface area (Å²) in [5, 5.41) is 13.1. The summed E-state index contributed by atoms with van der Waals surface area (Å²) in [6, 6.07) is 18.9. The molecule has 3 atom stereocenters. The Morgan fingerprint density at radius 2 is 1.50 bits per heavy atom. The number of benzene rings is 3.